The predicted octanol–water partition coefficient (Wildman–Crippen LogP) is 6.41. The first-order valence-corrected chi connectivity index (χ1v) is 12.7. The first-order valence-electron chi connectivity index (χ1n) is 12.3. The van der Waals surface area contributed by atoms with Crippen LogP contribution in [0.4, 0.5) is 20.3 Å². The maximum absolute atomic E-state index is 15.0. The van der Waals surface area contributed by atoms with Gasteiger partial charge in [0.15, 0.2) is 17.4 Å². The number of anilines is 2. The van der Waals surface area contributed by atoms with Gasteiger partial charge in [0.25, 0.3) is 0 Å². The van der Waals surface area contributed by atoms with Crippen LogP contribution >= 0.6 is 11.6 Å². The Labute approximate surface area is 227 Å². The van der Waals surface area contributed by atoms with Crippen molar-refractivity contribution in [1.82, 2.24) is 24.7 Å². The van der Waals surface area contributed by atoms with Crippen LogP contribution in [0.5, 0.6) is 11.5 Å². The quantitative estimate of drug-likeness (QED) is 0.228. The summed E-state index contributed by atoms with van der Waals surface area (Å²) >= 11 is 6.26. The number of benzene rings is 2. The summed E-state index contributed by atoms with van der Waals surface area (Å²) in [5, 5.41) is 8.94. The largest absolute Gasteiger partial charge is 0.493 e. The molecule has 0 saturated heterocycles. The Bertz CT molecular complexity index is 1650. The van der Waals surface area contributed by atoms with Crippen molar-refractivity contribution in [2.75, 3.05) is 19.0 Å². The molecule has 198 valence electrons. The second-order valence-electron chi connectivity index (χ2n) is 9.23. The van der Waals surface area contributed by atoms with E-state index in [-0.39, 0.29) is 17.9 Å². The van der Waals surface area contributed by atoms with Gasteiger partial charge in [0.05, 0.1) is 42.7 Å². The van der Waals surface area contributed by atoms with E-state index in [4.69, 9.17) is 21.1 Å². The first-order chi connectivity index (χ1) is 19.0. The Morgan fingerprint density at radius 3 is 2.64 bits per heavy atom. The van der Waals surface area contributed by atoms with Gasteiger partial charge in [-0.15, -0.1) is 0 Å². The molecule has 11 heteroatoms. The molecule has 8 nitrogen and oxygen atoms in total. The number of nitrogens with zero attached hydrogens (tertiary/aromatic N) is 5. The van der Waals surface area contributed by atoms with Crippen LogP contribution in [0.1, 0.15) is 18.4 Å². The van der Waals surface area contributed by atoms with Crippen LogP contribution in [-0.4, -0.2) is 38.4 Å². The molecule has 0 radical (unpaired) electrons. The van der Waals surface area contributed by atoms with Gasteiger partial charge in [0, 0.05) is 35.5 Å². The van der Waals surface area contributed by atoms with Gasteiger partial charge in [-0.1, -0.05) is 29.8 Å². The molecule has 6 rings (SSSR count). The molecular formula is C28H23ClF2N6O2. The molecule has 0 amide bonds. The highest BCUT2D eigenvalue weighted by molar-refractivity contribution is 6.33. The van der Waals surface area contributed by atoms with E-state index in [9.17, 15) is 0 Å². The summed E-state index contributed by atoms with van der Waals surface area (Å²) in [6, 6.07) is 11.5. The number of hydrogen-bond acceptors (Lipinski definition) is 7. The summed E-state index contributed by atoms with van der Waals surface area (Å²) < 4.78 is 42.6. The number of methoxy groups -OCH3 is 1. The smallest absolute Gasteiger partial charge is 0.183 e. The van der Waals surface area contributed by atoms with Gasteiger partial charge in [-0.05, 0) is 30.9 Å². The van der Waals surface area contributed by atoms with E-state index in [1.807, 2.05) is 24.3 Å². The van der Waals surface area contributed by atoms with Crippen LogP contribution in [0.2, 0.25) is 5.02 Å². The van der Waals surface area contributed by atoms with E-state index in [2.05, 4.69) is 25.4 Å². The fourth-order valence-corrected chi connectivity index (χ4v) is 4.37. The number of aromatic nitrogens is 5. The fraction of sp³-hybridized carbons (Fsp3) is 0.214. The number of fused-ring (bicyclic) bond motifs is 1. The van der Waals surface area contributed by atoms with Crippen LogP contribution < -0.4 is 14.8 Å². The molecule has 1 fully saturated rings. The normalized spacial score (nSPS) is 13.0. The van der Waals surface area contributed by atoms with E-state index in [0.29, 0.717) is 51.8 Å². The Morgan fingerprint density at radius 1 is 1.10 bits per heavy atom. The molecule has 0 aliphatic heterocycles. The highest BCUT2D eigenvalue weighted by Gasteiger charge is 2.23. The molecular weight excluding hydrogens is 526 g/mol. The molecule has 3 aromatic heterocycles. The van der Waals surface area contributed by atoms with Crippen molar-refractivity contribution in [3.8, 4) is 23.0 Å². The third kappa shape index (κ3) is 5.20. The molecule has 1 aliphatic rings. The lowest BCUT2D eigenvalue weighted by atomic mass is 10.1. The van der Waals surface area contributed by atoms with Crippen molar-refractivity contribution < 1.29 is 18.3 Å². The van der Waals surface area contributed by atoms with Gasteiger partial charge in [0.1, 0.15) is 23.1 Å². The monoisotopic (exact) mass is 548 g/mol. The van der Waals surface area contributed by atoms with E-state index in [1.165, 1.54) is 36.3 Å². The Morgan fingerprint density at radius 2 is 1.90 bits per heavy atom. The maximum Gasteiger partial charge on any atom is 0.183 e. The SMILES string of the molecule is COc1cnc(-c2nn(Cc3c(F)cc(OCC4CC4)cc3F)c3ccccc23)nc1Nc1ccncc1Cl. The topological polar surface area (TPSA) is 87.0 Å². The zero-order valence-electron chi connectivity index (χ0n) is 20.9. The number of nitrogens with one attached hydrogen (secondary N) is 1. The lowest BCUT2D eigenvalue weighted by molar-refractivity contribution is 0.296. The highest BCUT2D eigenvalue weighted by atomic mass is 35.5. The van der Waals surface area contributed by atoms with Crippen LogP contribution in [-0.2, 0) is 6.54 Å². The van der Waals surface area contributed by atoms with Crippen molar-refractivity contribution >= 4 is 34.0 Å². The van der Waals surface area contributed by atoms with Gasteiger partial charge in [-0.25, -0.2) is 18.7 Å². The average molecular weight is 549 g/mol. The molecule has 1 N–H and O–H groups in total. The van der Waals surface area contributed by atoms with Crippen LogP contribution in [0.15, 0.2) is 61.1 Å². The van der Waals surface area contributed by atoms with Gasteiger partial charge in [0.2, 0.25) is 0 Å². The van der Waals surface area contributed by atoms with E-state index in [1.54, 1.807) is 12.3 Å². The van der Waals surface area contributed by atoms with E-state index in [0.717, 1.165) is 18.2 Å². The number of pyridine rings is 1. The zero-order valence-corrected chi connectivity index (χ0v) is 21.6. The lowest BCUT2D eigenvalue weighted by Gasteiger charge is -2.11. The number of halogens is 3. The molecule has 0 unspecified atom stereocenters. The molecule has 2 aromatic carbocycles. The first kappa shape index (κ1) is 25.0. The Balaban J connectivity index is 1.36. The third-order valence-electron chi connectivity index (χ3n) is 6.48. The van der Waals surface area contributed by atoms with Crippen LogP contribution in [0, 0.1) is 17.6 Å². The molecule has 1 aliphatic carbocycles. The van der Waals surface area contributed by atoms with Crippen molar-refractivity contribution in [3.63, 3.8) is 0 Å². The zero-order chi connectivity index (χ0) is 26.9. The minimum atomic E-state index is -0.691. The highest BCUT2D eigenvalue weighted by Crippen LogP contribution is 2.33. The van der Waals surface area contributed by atoms with Gasteiger partial charge in [-0.3, -0.25) is 9.67 Å². The minimum Gasteiger partial charge on any atom is -0.493 e. The second-order valence-corrected chi connectivity index (χ2v) is 9.64. The van der Waals surface area contributed by atoms with Gasteiger partial charge >= 0.3 is 0 Å². The summed E-state index contributed by atoms with van der Waals surface area (Å²) in [6.07, 6.45) is 6.81. The van der Waals surface area contributed by atoms with Crippen molar-refractivity contribution in [2.24, 2.45) is 5.92 Å². The lowest BCUT2D eigenvalue weighted by Crippen LogP contribution is -2.08. The summed E-state index contributed by atoms with van der Waals surface area (Å²) in [4.78, 5) is 13.1. The Hall–Kier alpha value is -4.31. The molecule has 1 saturated carbocycles. The van der Waals surface area contributed by atoms with Crippen LogP contribution in [0.3, 0.4) is 0 Å². The van der Waals surface area contributed by atoms with E-state index >= 15 is 8.78 Å². The third-order valence-corrected chi connectivity index (χ3v) is 6.78. The molecule has 0 spiro atoms. The summed E-state index contributed by atoms with van der Waals surface area (Å²) in [5.41, 5.74) is 1.59. The summed E-state index contributed by atoms with van der Waals surface area (Å²) in [7, 11) is 1.51. The van der Waals surface area contributed by atoms with Crippen molar-refractivity contribution in [3.05, 3.63) is 83.3 Å². The van der Waals surface area contributed by atoms with Crippen molar-refractivity contribution in [2.45, 2.75) is 19.4 Å². The standard InChI is InChI=1S/C28H23ClF2N6O2/c1-38-25-13-33-28(35-27(25)34-23-8-9-32-12-20(23)29)26-18-4-2-3-5-24(18)37(36-26)14-19-21(30)10-17(11-22(19)31)39-15-16-6-7-16/h2-5,8-13,16H,6-7,14-15H2,1H3,(H,32,33,34,35). The van der Waals surface area contributed by atoms with Crippen molar-refractivity contribution in [1.29, 1.82) is 0 Å². The average Bonchev–Trinajstić information content (AvgIpc) is 3.71. The number of rotatable bonds is 9. The summed E-state index contributed by atoms with van der Waals surface area (Å²) in [6.45, 7) is 0.340. The molecule has 0 bridgehead atoms. The van der Waals surface area contributed by atoms with Crippen LogP contribution in [0.25, 0.3) is 22.4 Å². The molecule has 39 heavy (non-hydrogen) atoms. The van der Waals surface area contributed by atoms with Gasteiger partial charge in [-0.2, -0.15) is 5.10 Å². The maximum atomic E-state index is 15.0. The number of hydrogen-bond donors (Lipinski definition) is 1. The van der Waals surface area contributed by atoms with Gasteiger partial charge < -0.3 is 14.8 Å². The number of ether oxygens (including phenoxy) is 2. The Kier molecular flexibility index (Phi) is 6.70. The minimum absolute atomic E-state index is 0.112. The second kappa shape index (κ2) is 10.5. The number of para-hydroxylation sites is 1. The van der Waals surface area contributed by atoms with E-state index < -0.39 is 11.6 Å². The summed E-state index contributed by atoms with van der Waals surface area (Å²) in [5.74, 6) is 0.335. The predicted molar refractivity (Wildman–Crippen MR) is 144 cm³/mol. The molecule has 5 aromatic rings. The molecule has 3 heterocycles. The molecule has 0 atom stereocenters. The fourth-order valence-electron chi connectivity index (χ4n) is 4.20.